The van der Waals surface area contributed by atoms with E-state index in [9.17, 15) is 0 Å². The third-order valence-corrected chi connectivity index (χ3v) is 43.0. The highest BCUT2D eigenvalue weighted by atomic mass is 14.8. The molecule has 32 rings (SSSR count). The Bertz CT molecular complexity index is 2700. The molecule has 0 N–H and O–H groups in total. The number of hydrogen-bond acceptors (Lipinski definition) is 0. The van der Waals surface area contributed by atoms with Crippen LogP contribution in [-0.4, -0.2) is 0 Å². The first-order valence-electron chi connectivity index (χ1n) is 44.5. The summed E-state index contributed by atoms with van der Waals surface area (Å²) in [5.74, 6) is 29.7. The Morgan fingerprint density at radius 1 is 0.196 bits per heavy atom. The lowest BCUT2D eigenvalue weighted by atomic mass is 9.27. The summed E-state index contributed by atoms with van der Waals surface area (Å²) in [4.78, 5) is 0. The van der Waals surface area contributed by atoms with Crippen LogP contribution in [0.5, 0.6) is 0 Å². The Hall–Kier alpha value is 0. The van der Waals surface area contributed by atoms with Crippen LogP contribution in [0.25, 0.3) is 0 Å². The summed E-state index contributed by atoms with van der Waals surface area (Å²) in [7, 11) is 0. The minimum atomic E-state index is 0.771. The van der Waals surface area contributed by atoms with E-state index in [0.29, 0.717) is 0 Å². The SMILES string of the molecule is CCC12CC3CC(C1)CC(C14CC5CC(C1)CC(C16CC7CC(CC(CC)(C7)C1)C6)(C5)C4)(C3)C2.CCC12CC3CC(C1)CC(C14CC5CC(CC(CC)(C5)C1)C4)(C3)C2.CCC1C2CC3CC(C2)C(C2C4CC5CC(C4)C(C4C6CC7CC4CC(CC)(C7)C6)C2C5)C1C3. The molecule has 22 unspecified atom stereocenters. The molecule has 22 atom stereocenters. The molecular formula is C92H142. The molecule has 92 heavy (non-hydrogen) atoms. The summed E-state index contributed by atoms with van der Waals surface area (Å²) < 4.78 is 0. The maximum Gasteiger partial charge on any atom is -0.0230 e. The minimum absolute atomic E-state index is 0.771. The van der Waals surface area contributed by atoms with Crippen molar-refractivity contribution in [3.63, 3.8) is 0 Å². The van der Waals surface area contributed by atoms with Crippen LogP contribution in [0.1, 0.15) is 356 Å². The lowest BCUT2D eigenvalue weighted by molar-refractivity contribution is -0.282. The second-order valence-electron chi connectivity index (χ2n) is 46.6. The van der Waals surface area contributed by atoms with E-state index in [1.165, 1.54) is 68.1 Å². The van der Waals surface area contributed by atoms with Gasteiger partial charge in [-0.1, -0.05) is 80.1 Å². The van der Waals surface area contributed by atoms with Crippen molar-refractivity contribution in [2.24, 2.45) is 213 Å². The predicted molar refractivity (Wildman–Crippen MR) is 378 cm³/mol. The molecule has 0 radical (unpaired) electrons. The van der Waals surface area contributed by atoms with E-state index >= 15 is 0 Å². The van der Waals surface area contributed by atoms with E-state index in [2.05, 4.69) is 41.5 Å². The van der Waals surface area contributed by atoms with Gasteiger partial charge in [-0.15, -0.1) is 0 Å². The third kappa shape index (κ3) is 8.08. The molecule has 0 aromatic rings. The first kappa shape index (κ1) is 59.7. The summed E-state index contributed by atoms with van der Waals surface area (Å²) in [6.45, 7) is 15.4. The molecule has 0 aromatic carbocycles. The Kier molecular flexibility index (Phi) is 12.8. The average Bonchev–Trinajstić information content (AvgIpc) is 0.672. The van der Waals surface area contributed by atoms with Gasteiger partial charge in [0.05, 0.1) is 0 Å². The summed E-state index contributed by atoms with van der Waals surface area (Å²) in [6.07, 6.45) is 80.2. The van der Waals surface area contributed by atoms with Crippen LogP contribution < -0.4 is 0 Å². The Morgan fingerprint density at radius 3 is 0.815 bits per heavy atom. The van der Waals surface area contributed by atoms with Gasteiger partial charge in [0, 0.05) is 0 Å². The molecule has 32 aliphatic rings. The van der Waals surface area contributed by atoms with Crippen molar-refractivity contribution in [3.8, 4) is 0 Å². The second kappa shape index (κ2) is 19.8. The van der Waals surface area contributed by atoms with Gasteiger partial charge in [0.15, 0.2) is 0 Å². The molecule has 32 aliphatic carbocycles. The van der Waals surface area contributed by atoms with Gasteiger partial charge in [0.2, 0.25) is 0 Å². The standard InChI is InChI=1S/2C34H52.C24H38/c1-3-29-8-23-5-24(9-29)13-31(12-23,20-29)33-16-27-7-28(17-33)19-34(18-27,22-33)32-14-25-6-26(15-32)11-30(4-2,10-25)21-32;1-3-27-21-5-18-6-22(13-21)31(28(27)11-18)33-24-8-19-7-23(14-24)32(29(33)12-19)30-25-9-20-10-26(30)17-34(4-2,15-20)16-25;1-3-21-7-17-5-18(8-21)12-23(11-17,15-21)24-13-19-6-20(14-24)10-22(4-2,9-19)16-24/h23-28H,3-22H2,1-2H3;18-33H,3-17H2,1-2H3;17-20H,3-16H2,1-2H3. The monoisotopic (exact) mass is 1250 g/mol. The maximum atomic E-state index is 2.58. The smallest absolute Gasteiger partial charge is 0.0230 e. The summed E-state index contributed by atoms with van der Waals surface area (Å²) in [5, 5.41) is 0. The van der Waals surface area contributed by atoms with E-state index in [0.717, 1.165) is 184 Å². The van der Waals surface area contributed by atoms with E-state index in [4.69, 9.17) is 0 Å². The molecule has 0 spiro atoms. The van der Waals surface area contributed by atoms with Crippen molar-refractivity contribution in [2.45, 2.75) is 356 Å². The molecule has 510 valence electrons. The lowest BCUT2D eigenvalue weighted by Crippen LogP contribution is -2.68. The molecule has 0 heterocycles. The molecule has 32 saturated carbocycles. The van der Waals surface area contributed by atoms with Crippen LogP contribution in [0.4, 0.5) is 0 Å². The van der Waals surface area contributed by atoms with Gasteiger partial charge in [-0.2, -0.15) is 0 Å². The Balaban J connectivity index is 0.0000000921. The van der Waals surface area contributed by atoms with Gasteiger partial charge >= 0.3 is 0 Å². The Morgan fingerprint density at radius 2 is 0.467 bits per heavy atom. The topological polar surface area (TPSA) is 0 Å². The van der Waals surface area contributed by atoms with Crippen LogP contribution in [0, 0.1) is 213 Å². The van der Waals surface area contributed by atoms with Crippen LogP contribution in [0.15, 0.2) is 0 Å². The average molecular weight is 1250 g/mol. The van der Waals surface area contributed by atoms with E-state index in [1.807, 2.05) is 0 Å². The highest BCUT2D eigenvalue weighted by molar-refractivity contribution is 5.26. The molecular weight excluding hydrogens is 1110 g/mol. The van der Waals surface area contributed by atoms with Gasteiger partial charge in [0.25, 0.3) is 0 Å². The van der Waals surface area contributed by atoms with Crippen LogP contribution >= 0.6 is 0 Å². The summed E-state index contributed by atoms with van der Waals surface area (Å²) in [6, 6.07) is 0. The molecule has 0 saturated heterocycles. The maximum absolute atomic E-state index is 2.58. The quantitative estimate of drug-likeness (QED) is 0.193. The van der Waals surface area contributed by atoms with Crippen molar-refractivity contribution in [1.82, 2.24) is 0 Å². The van der Waals surface area contributed by atoms with E-state index < -0.39 is 0 Å². The largest absolute Gasteiger partial charge is 0.0651 e. The van der Waals surface area contributed by atoms with Crippen molar-refractivity contribution >= 4 is 0 Å². The van der Waals surface area contributed by atoms with Gasteiger partial charge < -0.3 is 0 Å². The van der Waals surface area contributed by atoms with Crippen LogP contribution in [0.3, 0.4) is 0 Å². The van der Waals surface area contributed by atoms with Gasteiger partial charge in [-0.25, -0.2) is 0 Å². The Labute approximate surface area is 566 Å². The van der Waals surface area contributed by atoms with Gasteiger partial charge in [-0.05, 0) is 490 Å². The normalized spacial score (nSPS) is 65.7. The highest BCUT2D eigenvalue weighted by Crippen LogP contribution is 2.86. The molecule has 0 amide bonds. The fourth-order valence-electron chi connectivity index (χ4n) is 43.3. The zero-order valence-electron chi connectivity index (χ0n) is 61.2. The molecule has 32 fully saturated rings. The second-order valence-corrected chi connectivity index (χ2v) is 46.6. The first-order valence-corrected chi connectivity index (χ1v) is 44.5. The zero-order chi connectivity index (χ0) is 61.2. The van der Waals surface area contributed by atoms with Gasteiger partial charge in [-0.3, -0.25) is 0 Å². The number of hydrogen-bond donors (Lipinski definition) is 0. The van der Waals surface area contributed by atoms with Crippen LogP contribution in [-0.2, 0) is 0 Å². The summed E-state index contributed by atoms with van der Waals surface area (Å²) in [5.41, 5.74) is 8.61. The number of fused-ring (bicyclic) bond motifs is 2. The fourth-order valence-corrected chi connectivity index (χ4v) is 43.3. The van der Waals surface area contributed by atoms with Crippen molar-refractivity contribution in [2.75, 3.05) is 0 Å². The third-order valence-electron chi connectivity index (χ3n) is 43.0. The predicted octanol–water partition coefficient (Wildman–Crippen LogP) is 25.4. The summed E-state index contributed by atoms with van der Waals surface area (Å²) >= 11 is 0. The van der Waals surface area contributed by atoms with Crippen molar-refractivity contribution in [3.05, 3.63) is 0 Å². The molecule has 0 aliphatic heterocycles. The van der Waals surface area contributed by atoms with Crippen molar-refractivity contribution in [1.29, 1.82) is 0 Å². The van der Waals surface area contributed by atoms with Crippen molar-refractivity contribution < 1.29 is 0 Å². The van der Waals surface area contributed by atoms with E-state index in [-0.39, 0.29) is 0 Å². The first-order chi connectivity index (χ1) is 44.5. The molecule has 0 heteroatoms. The molecule has 32 bridgehead atoms. The lowest BCUT2D eigenvalue weighted by Gasteiger charge is -2.78. The fraction of sp³-hybridized carbons (Fsp3) is 1.00. The van der Waals surface area contributed by atoms with E-state index in [1.54, 1.807) is 276 Å². The highest BCUT2D eigenvalue weighted by Gasteiger charge is 2.76. The van der Waals surface area contributed by atoms with Gasteiger partial charge in [0.1, 0.15) is 0 Å². The molecule has 0 aromatic heterocycles. The minimum Gasteiger partial charge on any atom is -0.0651 e. The number of rotatable bonds is 11. The molecule has 0 nitrogen and oxygen atoms in total. The zero-order valence-corrected chi connectivity index (χ0v) is 61.2. The van der Waals surface area contributed by atoms with Crippen LogP contribution in [0.2, 0.25) is 0 Å².